The van der Waals surface area contributed by atoms with Gasteiger partial charge in [-0.15, -0.1) is 11.8 Å². The molecule has 98 valence electrons. The third kappa shape index (κ3) is 3.61. The van der Waals surface area contributed by atoms with Crippen molar-refractivity contribution in [2.75, 3.05) is 0 Å². The van der Waals surface area contributed by atoms with Crippen LogP contribution in [0.1, 0.15) is 21.5 Å². The van der Waals surface area contributed by atoms with Crippen LogP contribution in [-0.4, -0.2) is 11.1 Å². The van der Waals surface area contributed by atoms with Crippen LogP contribution >= 0.6 is 27.7 Å². The van der Waals surface area contributed by atoms with Crippen molar-refractivity contribution in [3.05, 3.63) is 63.6 Å². The summed E-state index contributed by atoms with van der Waals surface area (Å²) in [5.74, 6) is -0.122. The second-order valence-corrected chi connectivity index (χ2v) is 6.09. The molecule has 2 aromatic carbocycles. The minimum absolute atomic E-state index is 0.349. The standard InChI is InChI=1S/C15H13BrO2S/c1-10-4-2-3-5-11(10)9-19-14-8-12(16)6-7-13(14)15(17)18/h2-8H,9H2,1H3,(H,17,18). The average Bonchev–Trinajstić information content (AvgIpc) is 2.37. The van der Waals surface area contributed by atoms with Gasteiger partial charge in [0.25, 0.3) is 0 Å². The van der Waals surface area contributed by atoms with Crippen LogP contribution in [0, 0.1) is 6.92 Å². The monoisotopic (exact) mass is 336 g/mol. The van der Waals surface area contributed by atoms with E-state index in [9.17, 15) is 9.90 Å². The van der Waals surface area contributed by atoms with E-state index in [-0.39, 0.29) is 0 Å². The van der Waals surface area contributed by atoms with Crippen molar-refractivity contribution in [2.24, 2.45) is 0 Å². The van der Waals surface area contributed by atoms with Gasteiger partial charge in [0.05, 0.1) is 5.56 Å². The third-order valence-corrected chi connectivity index (χ3v) is 4.42. The highest BCUT2D eigenvalue weighted by Gasteiger charge is 2.11. The van der Waals surface area contributed by atoms with Crippen LogP contribution in [0.4, 0.5) is 0 Å². The summed E-state index contributed by atoms with van der Waals surface area (Å²) >= 11 is 4.93. The lowest BCUT2D eigenvalue weighted by Crippen LogP contribution is -1.99. The Balaban J connectivity index is 2.22. The van der Waals surface area contributed by atoms with Crippen molar-refractivity contribution in [1.29, 1.82) is 0 Å². The van der Waals surface area contributed by atoms with Crippen molar-refractivity contribution in [1.82, 2.24) is 0 Å². The maximum Gasteiger partial charge on any atom is 0.336 e. The van der Waals surface area contributed by atoms with Crippen LogP contribution in [0.5, 0.6) is 0 Å². The minimum Gasteiger partial charge on any atom is -0.478 e. The predicted molar refractivity (Wildman–Crippen MR) is 81.8 cm³/mol. The molecule has 0 fully saturated rings. The Morgan fingerprint density at radius 3 is 2.68 bits per heavy atom. The smallest absolute Gasteiger partial charge is 0.336 e. The fourth-order valence-corrected chi connectivity index (χ4v) is 3.39. The zero-order valence-electron chi connectivity index (χ0n) is 10.4. The molecule has 0 aromatic heterocycles. The number of thioether (sulfide) groups is 1. The molecule has 2 aromatic rings. The summed E-state index contributed by atoms with van der Waals surface area (Å²) in [4.78, 5) is 12.0. The van der Waals surface area contributed by atoms with Crippen LogP contribution in [-0.2, 0) is 5.75 Å². The van der Waals surface area contributed by atoms with Crippen LogP contribution in [0.15, 0.2) is 51.8 Å². The van der Waals surface area contributed by atoms with E-state index in [1.807, 2.05) is 18.2 Å². The molecule has 0 radical (unpaired) electrons. The van der Waals surface area contributed by atoms with Gasteiger partial charge in [-0.05, 0) is 36.2 Å². The second kappa shape index (κ2) is 6.26. The number of halogens is 1. The summed E-state index contributed by atoms with van der Waals surface area (Å²) in [7, 11) is 0. The maximum atomic E-state index is 11.2. The molecule has 0 unspecified atom stereocenters. The number of carboxylic acid groups (broad SMARTS) is 1. The number of rotatable bonds is 4. The molecule has 0 aliphatic carbocycles. The first kappa shape index (κ1) is 14.2. The molecule has 1 N–H and O–H groups in total. The van der Waals surface area contributed by atoms with Crippen molar-refractivity contribution >= 4 is 33.7 Å². The van der Waals surface area contributed by atoms with Gasteiger partial charge in [-0.25, -0.2) is 4.79 Å². The molecule has 0 saturated heterocycles. The summed E-state index contributed by atoms with van der Waals surface area (Å²) in [6.07, 6.45) is 0. The van der Waals surface area contributed by atoms with Gasteiger partial charge in [-0.2, -0.15) is 0 Å². The van der Waals surface area contributed by atoms with Gasteiger partial charge in [0.15, 0.2) is 0 Å². The van der Waals surface area contributed by atoms with Crippen LogP contribution in [0.3, 0.4) is 0 Å². The first-order valence-electron chi connectivity index (χ1n) is 5.78. The van der Waals surface area contributed by atoms with Gasteiger partial charge in [0.1, 0.15) is 0 Å². The van der Waals surface area contributed by atoms with Gasteiger partial charge < -0.3 is 5.11 Å². The zero-order valence-corrected chi connectivity index (χ0v) is 12.8. The number of hydrogen-bond acceptors (Lipinski definition) is 2. The molecular formula is C15H13BrO2S. The molecule has 0 aliphatic rings. The Morgan fingerprint density at radius 2 is 2.00 bits per heavy atom. The molecular weight excluding hydrogens is 324 g/mol. The molecule has 0 heterocycles. The summed E-state index contributed by atoms with van der Waals surface area (Å²) in [6, 6.07) is 13.4. The maximum absolute atomic E-state index is 11.2. The lowest BCUT2D eigenvalue weighted by Gasteiger charge is -2.08. The third-order valence-electron chi connectivity index (χ3n) is 2.82. The van der Waals surface area contributed by atoms with Gasteiger partial charge >= 0.3 is 5.97 Å². The first-order chi connectivity index (χ1) is 9.08. The molecule has 4 heteroatoms. The van der Waals surface area contributed by atoms with Gasteiger partial charge in [0.2, 0.25) is 0 Å². The minimum atomic E-state index is -0.889. The molecule has 2 rings (SSSR count). The van der Waals surface area contributed by atoms with Crippen molar-refractivity contribution in [3.8, 4) is 0 Å². The van der Waals surface area contributed by atoms with Crippen molar-refractivity contribution in [2.45, 2.75) is 17.6 Å². The zero-order chi connectivity index (χ0) is 13.8. The average molecular weight is 337 g/mol. The summed E-state index contributed by atoms with van der Waals surface area (Å²) in [5.41, 5.74) is 2.80. The van der Waals surface area contributed by atoms with Crippen LogP contribution in [0.2, 0.25) is 0 Å². The van der Waals surface area contributed by atoms with Gasteiger partial charge in [-0.3, -0.25) is 0 Å². The first-order valence-corrected chi connectivity index (χ1v) is 7.56. The second-order valence-electron chi connectivity index (χ2n) is 4.16. The molecule has 19 heavy (non-hydrogen) atoms. The molecule has 0 saturated carbocycles. The Labute approximate surface area is 125 Å². The van der Waals surface area contributed by atoms with E-state index >= 15 is 0 Å². The van der Waals surface area contributed by atoms with Gasteiger partial charge in [-0.1, -0.05) is 40.2 Å². The highest BCUT2D eigenvalue weighted by atomic mass is 79.9. The van der Waals surface area contributed by atoms with E-state index in [0.717, 1.165) is 15.1 Å². The van der Waals surface area contributed by atoms with Crippen LogP contribution in [0.25, 0.3) is 0 Å². The fraction of sp³-hybridized carbons (Fsp3) is 0.133. The SMILES string of the molecule is Cc1ccccc1CSc1cc(Br)ccc1C(=O)O. The topological polar surface area (TPSA) is 37.3 Å². The highest BCUT2D eigenvalue weighted by Crippen LogP contribution is 2.30. The number of carbonyl (C=O) groups is 1. The number of aromatic carboxylic acids is 1. The number of carboxylic acids is 1. The summed E-state index contributed by atoms with van der Waals surface area (Å²) in [5, 5.41) is 9.18. The van der Waals surface area contributed by atoms with Crippen molar-refractivity contribution in [3.63, 3.8) is 0 Å². The lowest BCUT2D eigenvalue weighted by atomic mass is 10.1. The quantitative estimate of drug-likeness (QED) is 0.818. The molecule has 2 nitrogen and oxygen atoms in total. The van der Waals surface area contributed by atoms with E-state index in [4.69, 9.17) is 0 Å². The van der Waals surface area contributed by atoms with Gasteiger partial charge in [0, 0.05) is 15.1 Å². The predicted octanol–water partition coefficient (Wildman–Crippen LogP) is 4.75. The van der Waals surface area contributed by atoms with E-state index < -0.39 is 5.97 Å². The lowest BCUT2D eigenvalue weighted by molar-refractivity contribution is 0.0693. The fourth-order valence-electron chi connectivity index (χ4n) is 1.72. The largest absolute Gasteiger partial charge is 0.478 e. The highest BCUT2D eigenvalue weighted by molar-refractivity contribution is 9.10. The Kier molecular flexibility index (Phi) is 4.66. The summed E-state index contributed by atoms with van der Waals surface area (Å²) in [6.45, 7) is 2.06. The van der Waals surface area contributed by atoms with E-state index in [1.54, 1.807) is 23.9 Å². The van der Waals surface area contributed by atoms with E-state index in [1.165, 1.54) is 11.1 Å². The van der Waals surface area contributed by atoms with E-state index in [0.29, 0.717) is 5.56 Å². The summed E-state index contributed by atoms with van der Waals surface area (Å²) < 4.78 is 0.893. The Bertz CT molecular complexity index is 611. The number of aryl methyl sites for hydroxylation is 1. The van der Waals surface area contributed by atoms with Crippen LogP contribution < -0.4 is 0 Å². The number of hydrogen-bond donors (Lipinski definition) is 1. The molecule has 0 atom stereocenters. The molecule has 0 amide bonds. The molecule has 0 bridgehead atoms. The number of benzene rings is 2. The Morgan fingerprint density at radius 1 is 1.26 bits per heavy atom. The molecule has 0 spiro atoms. The van der Waals surface area contributed by atoms with Crippen molar-refractivity contribution < 1.29 is 9.90 Å². The van der Waals surface area contributed by atoms with E-state index in [2.05, 4.69) is 35.0 Å². The molecule has 0 aliphatic heterocycles. The Hall–Kier alpha value is -1.26. The normalized spacial score (nSPS) is 10.4.